The van der Waals surface area contributed by atoms with Crippen molar-refractivity contribution in [2.45, 2.75) is 45.4 Å². The number of alkyl carbamates (subject to hydrolysis) is 1. The van der Waals surface area contributed by atoms with Crippen LogP contribution in [0.4, 0.5) is 4.79 Å². The summed E-state index contributed by atoms with van der Waals surface area (Å²) in [4.78, 5) is 25.3. The van der Waals surface area contributed by atoms with Gasteiger partial charge in [0.2, 0.25) is 5.91 Å². The normalized spacial score (nSPS) is 12.5. The van der Waals surface area contributed by atoms with Gasteiger partial charge in [0.15, 0.2) is 0 Å². The molecule has 0 fully saturated rings. The number of carbonyl (C=O) groups excluding carboxylic acids is 2. The van der Waals surface area contributed by atoms with Crippen molar-refractivity contribution in [2.75, 3.05) is 6.54 Å². The van der Waals surface area contributed by atoms with E-state index in [1.54, 1.807) is 20.8 Å². The summed E-state index contributed by atoms with van der Waals surface area (Å²) in [6.45, 7) is 6.51. The second-order valence-corrected chi connectivity index (χ2v) is 8.40. The molecule has 7 heteroatoms. The number of para-hydroxylation sites is 1. The summed E-state index contributed by atoms with van der Waals surface area (Å²) in [7, 11) is 1.97. The molecule has 1 atom stereocenters. The molecule has 0 aliphatic carbocycles. The van der Waals surface area contributed by atoms with Gasteiger partial charge in [-0.15, -0.1) is 0 Å². The van der Waals surface area contributed by atoms with Gasteiger partial charge in [-0.1, -0.05) is 18.2 Å². The number of amides is 2. The van der Waals surface area contributed by atoms with Crippen molar-refractivity contribution in [1.82, 2.24) is 19.8 Å². The Hall–Kier alpha value is -3.22. The maximum absolute atomic E-state index is 12.9. The van der Waals surface area contributed by atoms with E-state index < -0.39 is 17.7 Å². The summed E-state index contributed by atoms with van der Waals surface area (Å²) in [5, 5.41) is 6.74. The topological polar surface area (TPSA) is 77.3 Å². The summed E-state index contributed by atoms with van der Waals surface area (Å²) >= 11 is 0. The number of rotatable bonds is 7. The molecule has 2 heterocycles. The number of hydrogen-bond donors (Lipinski definition) is 2. The third kappa shape index (κ3) is 5.65. The molecule has 0 radical (unpaired) electrons. The SMILES string of the molecule is Cn1cc(C[C@H](NC(=O)OC(C)(C)C)C(=O)NCCn2cccc2)c2ccccc21. The molecule has 2 N–H and O–H groups in total. The molecule has 0 saturated carbocycles. The molecule has 3 rings (SSSR count). The van der Waals surface area contributed by atoms with Crippen LogP contribution in [0.3, 0.4) is 0 Å². The Kier molecular flexibility index (Phi) is 6.50. The minimum atomic E-state index is -0.740. The summed E-state index contributed by atoms with van der Waals surface area (Å²) < 4.78 is 9.39. The van der Waals surface area contributed by atoms with Crippen molar-refractivity contribution in [2.24, 2.45) is 7.05 Å². The molecular formula is C23H30N4O3. The zero-order valence-electron chi connectivity index (χ0n) is 18.0. The van der Waals surface area contributed by atoms with Crippen LogP contribution in [0, 0.1) is 0 Å². The number of nitrogens with one attached hydrogen (secondary N) is 2. The monoisotopic (exact) mass is 410 g/mol. The van der Waals surface area contributed by atoms with Crippen LogP contribution in [0.15, 0.2) is 55.0 Å². The van der Waals surface area contributed by atoms with Gasteiger partial charge in [0.05, 0.1) is 0 Å². The minimum Gasteiger partial charge on any atom is -0.444 e. The van der Waals surface area contributed by atoms with Gasteiger partial charge in [-0.05, 0) is 44.5 Å². The molecule has 160 valence electrons. The highest BCUT2D eigenvalue weighted by atomic mass is 16.6. The van der Waals surface area contributed by atoms with Gasteiger partial charge >= 0.3 is 6.09 Å². The molecular weight excluding hydrogens is 380 g/mol. The van der Waals surface area contributed by atoms with E-state index in [1.807, 2.05) is 71.2 Å². The number of hydrogen-bond acceptors (Lipinski definition) is 3. The van der Waals surface area contributed by atoms with E-state index in [1.165, 1.54) is 0 Å². The fourth-order valence-electron chi connectivity index (χ4n) is 3.42. The van der Waals surface area contributed by atoms with Crippen molar-refractivity contribution in [3.63, 3.8) is 0 Å². The highest BCUT2D eigenvalue weighted by molar-refractivity contribution is 5.88. The Morgan fingerprint density at radius 1 is 1.10 bits per heavy atom. The Balaban J connectivity index is 1.73. The maximum atomic E-state index is 12.9. The van der Waals surface area contributed by atoms with E-state index in [-0.39, 0.29) is 5.91 Å². The Bertz CT molecular complexity index is 999. The van der Waals surface area contributed by atoms with Gasteiger partial charge in [0.25, 0.3) is 0 Å². The highest BCUT2D eigenvalue weighted by Gasteiger charge is 2.25. The third-order valence-corrected chi connectivity index (χ3v) is 4.75. The lowest BCUT2D eigenvalue weighted by Gasteiger charge is -2.23. The van der Waals surface area contributed by atoms with Crippen molar-refractivity contribution in [3.8, 4) is 0 Å². The van der Waals surface area contributed by atoms with Gasteiger partial charge in [-0.3, -0.25) is 4.79 Å². The fourth-order valence-corrected chi connectivity index (χ4v) is 3.42. The number of benzene rings is 1. The van der Waals surface area contributed by atoms with Crippen molar-refractivity contribution in [3.05, 3.63) is 60.6 Å². The van der Waals surface area contributed by atoms with E-state index in [0.717, 1.165) is 16.5 Å². The van der Waals surface area contributed by atoms with Crippen LogP contribution in [0.2, 0.25) is 0 Å². The Morgan fingerprint density at radius 3 is 2.50 bits per heavy atom. The zero-order valence-corrected chi connectivity index (χ0v) is 18.0. The van der Waals surface area contributed by atoms with Crippen LogP contribution in [-0.2, 0) is 29.5 Å². The van der Waals surface area contributed by atoms with E-state index >= 15 is 0 Å². The summed E-state index contributed by atoms with van der Waals surface area (Å²) in [6, 6.07) is 11.2. The molecule has 0 spiro atoms. The second-order valence-electron chi connectivity index (χ2n) is 8.40. The van der Waals surface area contributed by atoms with Gasteiger partial charge < -0.3 is 24.5 Å². The van der Waals surface area contributed by atoms with E-state index in [4.69, 9.17) is 4.74 Å². The number of nitrogens with zero attached hydrogens (tertiary/aromatic N) is 2. The molecule has 30 heavy (non-hydrogen) atoms. The van der Waals surface area contributed by atoms with Gasteiger partial charge in [0, 0.05) is 56.1 Å². The molecule has 0 saturated heterocycles. The van der Waals surface area contributed by atoms with E-state index in [0.29, 0.717) is 19.5 Å². The molecule has 2 amide bonds. The largest absolute Gasteiger partial charge is 0.444 e. The molecule has 0 unspecified atom stereocenters. The van der Waals surface area contributed by atoms with Crippen molar-refractivity contribution < 1.29 is 14.3 Å². The smallest absolute Gasteiger partial charge is 0.408 e. The predicted octanol–water partition coefficient (Wildman–Crippen LogP) is 3.23. The summed E-state index contributed by atoms with van der Waals surface area (Å²) in [5.41, 5.74) is 1.44. The van der Waals surface area contributed by atoms with Crippen molar-refractivity contribution in [1.29, 1.82) is 0 Å². The molecule has 3 aromatic rings. The molecule has 1 aromatic carbocycles. The van der Waals surface area contributed by atoms with E-state index in [2.05, 4.69) is 10.6 Å². The molecule has 7 nitrogen and oxygen atoms in total. The Morgan fingerprint density at radius 2 is 1.80 bits per heavy atom. The lowest BCUT2D eigenvalue weighted by molar-refractivity contribution is -0.123. The first-order valence-corrected chi connectivity index (χ1v) is 10.1. The number of ether oxygens (including phenoxy) is 1. The third-order valence-electron chi connectivity index (χ3n) is 4.75. The lowest BCUT2D eigenvalue weighted by atomic mass is 10.0. The second kappa shape index (κ2) is 9.07. The predicted molar refractivity (Wildman–Crippen MR) is 117 cm³/mol. The summed E-state index contributed by atoms with van der Waals surface area (Å²) in [6.07, 6.45) is 5.66. The van der Waals surface area contributed by atoms with Crippen LogP contribution in [0.5, 0.6) is 0 Å². The lowest BCUT2D eigenvalue weighted by Crippen LogP contribution is -2.49. The number of carbonyl (C=O) groups is 2. The zero-order chi connectivity index (χ0) is 21.7. The highest BCUT2D eigenvalue weighted by Crippen LogP contribution is 2.21. The first kappa shape index (κ1) is 21.5. The van der Waals surface area contributed by atoms with Crippen LogP contribution in [-0.4, -0.2) is 39.3 Å². The number of aromatic nitrogens is 2. The average molecular weight is 411 g/mol. The quantitative estimate of drug-likeness (QED) is 0.628. The molecule has 2 aromatic heterocycles. The fraction of sp³-hybridized carbons (Fsp3) is 0.391. The molecule has 0 bridgehead atoms. The van der Waals surface area contributed by atoms with Crippen LogP contribution < -0.4 is 10.6 Å². The summed E-state index contributed by atoms with van der Waals surface area (Å²) in [5.74, 6) is -0.235. The van der Waals surface area contributed by atoms with Gasteiger partial charge in [-0.2, -0.15) is 0 Å². The first-order chi connectivity index (χ1) is 14.2. The van der Waals surface area contributed by atoms with Gasteiger partial charge in [-0.25, -0.2) is 4.79 Å². The Labute approximate surface area is 177 Å². The molecule has 0 aliphatic rings. The van der Waals surface area contributed by atoms with Crippen molar-refractivity contribution >= 4 is 22.9 Å². The average Bonchev–Trinajstić information content (AvgIpc) is 3.28. The van der Waals surface area contributed by atoms with E-state index in [9.17, 15) is 9.59 Å². The molecule has 0 aliphatic heterocycles. The first-order valence-electron chi connectivity index (χ1n) is 10.1. The van der Waals surface area contributed by atoms with Crippen LogP contribution in [0.25, 0.3) is 10.9 Å². The maximum Gasteiger partial charge on any atom is 0.408 e. The minimum absolute atomic E-state index is 0.235. The number of fused-ring (bicyclic) bond motifs is 1. The standard InChI is InChI=1S/C23H30N4O3/c1-23(2,3)30-22(29)25-19(21(28)24-11-14-27-12-7-8-13-27)15-17-16-26(4)20-10-6-5-9-18(17)20/h5-10,12-13,16,19H,11,14-15H2,1-4H3,(H,24,28)(H,25,29)/t19-/m0/s1. The van der Waals surface area contributed by atoms with Gasteiger partial charge in [0.1, 0.15) is 11.6 Å². The van der Waals surface area contributed by atoms with Crippen LogP contribution in [0.1, 0.15) is 26.3 Å². The van der Waals surface area contributed by atoms with Crippen LogP contribution >= 0.6 is 0 Å². The number of aryl methyl sites for hydroxylation is 1.